The molecule has 2 N–H and O–H groups in total. The minimum Gasteiger partial charge on any atom is -0.491 e. The Morgan fingerprint density at radius 3 is 2.75 bits per heavy atom. The summed E-state index contributed by atoms with van der Waals surface area (Å²) in [4.78, 5) is 10.4. The van der Waals surface area contributed by atoms with E-state index in [1.165, 1.54) is 18.9 Å². The highest BCUT2D eigenvalue weighted by atomic mass is 16.6. The third kappa shape index (κ3) is 3.91. The van der Waals surface area contributed by atoms with Crippen molar-refractivity contribution < 1.29 is 14.8 Å². The number of hydrogen-bond acceptors (Lipinski definition) is 5. The van der Waals surface area contributed by atoms with Crippen molar-refractivity contribution in [2.24, 2.45) is 0 Å². The van der Waals surface area contributed by atoms with Gasteiger partial charge in [0.25, 0.3) is 5.69 Å². The predicted octanol–water partition coefficient (Wildman–Crippen LogP) is 1.70. The molecule has 0 amide bonds. The van der Waals surface area contributed by atoms with Gasteiger partial charge in [-0.3, -0.25) is 10.1 Å². The highest BCUT2D eigenvalue weighted by Gasteiger charge is 2.21. The summed E-state index contributed by atoms with van der Waals surface area (Å²) in [5.74, 6) is 0.582. The van der Waals surface area contributed by atoms with Crippen molar-refractivity contribution in [2.75, 3.05) is 13.2 Å². The van der Waals surface area contributed by atoms with E-state index in [9.17, 15) is 15.2 Å². The van der Waals surface area contributed by atoms with Crippen LogP contribution in [0.1, 0.15) is 24.0 Å². The van der Waals surface area contributed by atoms with Crippen LogP contribution in [-0.4, -0.2) is 35.3 Å². The molecule has 6 nitrogen and oxygen atoms in total. The number of aliphatic hydroxyl groups excluding tert-OH is 1. The number of hydrogen-bond donors (Lipinski definition) is 2. The monoisotopic (exact) mass is 280 g/mol. The molecule has 1 saturated carbocycles. The van der Waals surface area contributed by atoms with Gasteiger partial charge in [0.15, 0.2) is 0 Å². The lowest BCUT2D eigenvalue weighted by atomic mass is 10.1. The van der Waals surface area contributed by atoms with E-state index in [1.807, 2.05) is 0 Å². The first-order valence-electron chi connectivity index (χ1n) is 6.77. The van der Waals surface area contributed by atoms with Crippen molar-refractivity contribution in [3.8, 4) is 5.75 Å². The maximum absolute atomic E-state index is 10.8. The van der Waals surface area contributed by atoms with E-state index in [1.54, 1.807) is 19.9 Å². The third-order valence-corrected chi connectivity index (χ3v) is 3.34. The summed E-state index contributed by atoms with van der Waals surface area (Å²) in [6.07, 6.45) is 1.77. The molecule has 20 heavy (non-hydrogen) atoms. The lowest BCUT2D eigenvalue weighted by Gasteiger charge is -2.15. The molecule has 0 bridgehead atoms. The largest absolute Gasteiger partial charge is 0.491 e. The molecule has 0 heterocycles. The SMILES string of the molecule is Cc1cc([N+](=O)[O-])c(C)cc1OCC(O)CNC1CC1. The van der Waals surface area contributed by atoms with Gasteiger partial charge < -0.3 is 15.2 Å². The summed E-state index contributed by atoms with van der Waals surface area (Å²) in [5.41, 5.74) is 1.34. The Hall–Kier alpha value is -1.66. The van der Waals surface area contributed by atoms with Gasteiger partial charge in [0.05, 0.1) is 4.92 Å². The van der Waals surface area contributed by atoms with Gasteiger partial charge in [-0.1, -0.05) is 0 Å². The first kappa shape index (κ1) is 14.7. The van der Waals surface area contributed by atoms with Crippen LogP contribution in [0, 0.1) is 24.0 Å². The summed E-state index contributed by atoms with van der Waals surface area (Å²) in [6, 6.07) is 3.70. The van der Waals surface area contributed by atoms with Crippen LogP contribution in [0.15, 0.2) is 12.1 Å². The molecule has 1 aliphatic rings. The summed E-state index contributed by atoms with van der Waals surface area (Å²) in [6.45, 7) is 4.12. The number of benzene rings is 1. The Kier molecular flexibility index (Phi) is 4.57. The smallest absolute Gasteiger partial charge is 0.272 e. The number of rotatable bonds is 7. The summed E-state index contributed by atoms with van der Waals surface area (Å²) >= 11 is 0. The molecule has 110 valence electrons. The Balaban J connectivity index is 1.91. The van der Waals surface area contributed by atoms with Gasteiger partial charge in [-0.2, -0.15) is 0 Å². The Bertz CT molecular complexity index is 500. The molecular formula is C14H20N2O4. The number of nitro benzene ring substituents is 1. The zero-order chi connectivity index (χ0) is 14.7. The fraction of sp³-hybridized carbons (Fsp3) is 0.571. The number of aryl methyl sites for hydroxylation is 2. The van der Waals surface area contributed by atoms with E-state index in [0.717, 1.165) is 0 Å². The lowest BCUT2D eigenvalue weighted by molar-refractivity contribution is -0.385. The molecule has 1 atom stereocenters. The minimum atomic E-state index is -0.578. The average molecular weight is 280 g/mol. The maximum atomic E-state index is 10.8. The van der Waals surface area contributed by atoms with E-state index in [4.69, 9.17) is 4.74 Å². The molecule has 1 aromatic carbocycles. The average Bonchev–Trinajstić information content (AvgIpc) is 3.20. The van der Waals surface area contributed by atoms with Crippen LogP contribution >= 0.6 is 0 Å². The van der Waals surface area contributed by atoms with Crippen LogP contribution in [0.3, 0.4) is 0 Å². The molecule has 2 rings (SSSR count). The fourth-order valence-electron chi connectivity index (χ4n) is 1.96. The predicted molar refractivity (Wildman–Crippen MR) is 75.1 cm³/mol. The highest BCUT2D eigenvalue weighted by Crippen LogP contribution is 2.27. The van der Waals surface area contributed by atoms with Crippen LogP contribution in [0.5, 0.6) is 5.75 Å². The molecule has 0 radical (unpaired) electrons. The maximum Gasteiger partial charge on any atom is 0.272 e. The number of nitro groups is 1. The quantitative estimate of drug-likeness (QED) is 0.586. The highest BCUT2D eigenvalue weighted by molar-refractivity contribution is 5.49. The standard InChI is InChI=1S/C14H20N2O4/c1-9-6-14(10(2)5-13(9)16(18)19)20-8-12(17)7-15-11-3-4-11/h5-6,11-12,15,17H,3-4,7-8H2,1-2H3. The molecule has 1 aromatic rings. The van der Waals surface area contributed by atoms with Gasteiger partial charge in [-0.25, -0.2) is 0 Å². The molecular weight excluding hydrogens is 260 g/mol. The van der Waals surface area contributed by atoms with Crippen molar-refractivity contribution >= 4 is 5.69 Å². The van der Waals surface area contributed by atoms with Crippen LogP contribution in [-0.2, 0) is 0 Å². The Morgan fingerprint density at radius 2 is 2.15 bits per heavy atom. The van der Waals surface area contributed by atoms with Crippen LogP contribution < -0.4 is 10.1 Å². The fourth-order valence-corrected chi connectivity index (χ4v) is 1.96. The van der Waals surface area contributed by atoms with Crippen molar-refractivity contribution in [1.82, 2.24) is 5.32 Å². The van der Waals surface area contributed by atoms with Gasteiger partial charge in [0, 0.05) is 24.2 Å². The summed E-state index contributed by atoms with van der Waals surface area (Å²) in [5, 5.41) is 23.8. The van der Waals surface area contributed by atoms with Crippen molar-refractivity contribution in [2.45, 2.75) is 38.8 Å². The molecule has 6 heteroatoms. The van der Waals surface area contributed by atoms with E-state index in [0.29, 0.717) is 29.5 Å². The van der Waals surface area contributed by atoms with Crippen molar-refractivity contribution in [3.63, 3.8) is 0 Å². The number of aliphatic hydroxyl groups is 1. The molecule has 1 unspecified atom stereocenters. The zero-order valence-electron chi connectivity index (χ0n) is 11.8. The number of ether oxygens (including phenoxy) is 1. The first-order chi connectivity index (χ1) is 9.47. The minimum absolute atomic E-state index is 0.0887. The summed E-state index contributed by atoms with van der Waals surface area (Å²) < 4.78 is 5.55. The zero-order valence-corrected chi connectivity index (χ0v) is 11.8. The van der Waals surface area contributed by atoms with E-state index in [2.05, 4.69) is 5.32 Å². The molecule has 1 fully saturated rings. The normalized spacial score (nSPS) is 15.9. The second-order valence-corrected chi connectivity index (χ2v) is 5.31. The van der Waals surface area contributed by atoms with Gasteiger partial charge >= 0.3 is 0 Å². The van der Waals surface area contributed by atoms with Gasteiger partial charge in [-0.15, -0.1) is 0 Å². The van der Waals surface area contributed by atoms with Gasteiger partial charge in [0.2, 0.25) is 0 Å². The van der Waals surface area contributed by atoms with Crippen molar-refractivity contribution in [1.29, 1.82) is 0 Å². The number of nitrogens with zero attached hydrogens (tertiary/aromatic N) is 1. The summed E-state index contributed by atoms with van der Waals surface area (Å²) in [7, 11) is 0. The van der Waals surface area contributed by atoms with Crippen molar-refractivity contribution in [3.05, 3.63) is 33.4 Å². The lowest BCUT2D eigenvalue weighted by Crippen LogP contribution is -2.32. The Morgan fingerprint density at radius 1 is 1.45 bits per heavy atom. The number of nitrogens with one attached hydrogen (secondary N) is 1. The van der Waals surface area contributed by atoms with Gasteiger partial charge in [0.1, 0.15) is 18.5 Å². The molecule has 1 aliphatic carbocycles. The van der Waals surface area contributed by atoms with E-state index >= 15 is 0 Å². The van der Waals surface area contributed by atoms with Gasteiger partial charge in [-0.05, 0) is 38.3 Å². The second kappa shape index (κ2) is 6.19. The van der Waals surface area contributed by atoms with E-state index in [-0.39, 0.29) is 12.3 Å². The topological polar surface area (TPSA) is 84.6 Å². The van der Waals surface area contributed by atoms with Crippen LogP contribution in [0.4, 0.5) is 5.69 Å². The van der Waals surface area contributed by atoms with Crippen LogP contribution in [0.2, 0.25) is 0 Å². The molecule has 0 spiro atoms. The molecule has 0 aliphatic heterocycles. The van der Waals surface area contributed by atoms with E-state index < -0.39 is 11.0 Å². The molecule has 0 aromatic heterocycles. The second-order valence-electron chi connectivity index (χ2n) is 5.31. The van der Waals surface area contributed by atoms with Crippen LogP contribution in [0.25, 0.3) is 0 Å². The first-order valence-corrected chi connectivity index (χ1v) is 6.77. The Labute approximate surface area is 117 Å². The molecule has 0 saturated heterocycles. The third-order valence-electron chi connectivity index (χ3n) is 3.34.